The largest absolute Gasteiger partial charge is 0.492 e. The van der Waals surface area contributed by atoms with Gasteiger partial charge in [0.15, 0.2) is 5.65 Å². The summed E-state index contributed by atoms with van der Waals surface area (Å²) in [6.07, 6.45) is 13.7. The van der Waals surface area contributed by atoms with E-state index in [0.717, 1.165) is 84.2 Å². The van der Waals surface area contributed by atoms with Crippen LogP contribution in [0, 0.1) is 11.7 Å². The lowest BCUT2D eigenvalue weighted by Gasteiger charge is -2.21. The van der Waals surface area contributed by atoms with Crippen molar-refractivity contribution in [1.82, 2.24) is 40.3 Å². The Labute approximate surface area is 282 Å². The van der Waals surface area contributed by atoms with Gasteiger partial charge in [0.2, 0.25) is 5.91 Å². The molecule has 0 saturated carbocycles. The summed E-state index contributed by atoms with van der Waals surface area (Å²) >= 11 is 0. The SMILES string of the molecule is O=C(CC1CCNCC1)Nc1cncc(-c2cnc3[nH]nc(-c4cc5c(-c6cc(F)cc(OCCN7CCCC7)c6)cncc5[nH]4)c3c2)c1. The molecular weight excluding hydrogens is 621 g/mol. The number of hydrogen-bond donors (Lipinski definition) is 4. The van der Waals surface area contributed by atoms with Crippen LogP contribution in [0.1, 0.15) is 32.1 Å². The zero-order valence-corrected chi connectivity index (χ0v) is 27.1. The molecule has 1 amide bonds. The predicted molar refractivity (Wildman–Crippen MR) is 188 cm³/mol. The van der Waals surface area contributed by atoms with E-state index >= 15 is 0 Å². The van der Waals surface area contributed by atoms with Gasteiger partial charge in [0, 0.05) is 65.1 Å². The van der Waals surface area contributed by atoms with E-state index in [1.165, 1.54) is 25.0 Å². The molecule has 1 aromatic carbocycles. The summed E-state index contributed by atoms with van der Waals surface area (Å²) in [5.41, 5.74) is 6.68. The molecule has 5 aromatic heterocycles. The smallest absolute Gasteiger partial charge is 0.224 e. The standard InChI is InChI=1S/C37H38FN9O2/c38-27-12-24(14-29(16-27)49-10-9-47-7-1-2-8-47)32-21-41-22-34-30(32)17-33(44-34)36-31-15-26(19-42-37(31)46-45-36)25-13-28(20-40-18-25)43-35(48)11-23-3-5-39-6-4-23/h12-23,39,44H,1-11H2,(H,43,48)(H,42,45,46). The highest BCUT2D eigenvalue weighted by molar-refractivity contribution is 6.01. The fourth-order valence-electron chi connectivity index (χ4n) is 7.00. The van der Waals surface area contributed by atoms with Gasteiger partial charge in [-0.05, 0) is 93.7 Å². The third-order valence-electron chi connectivity index (χ3n) is 9.56. The Kier molecular flexibility index (Phi) is 8.71. The number of nitrogens with one attached hydrogen (secondary N) is 4. The number of hydrogen-bond acceptors (Lipinski definition) is 8. The summed E-state index contributed by atoms with van der Waals surface area (Å²) in [5, 5.41) is 15.7. The lowest BCUT2D eigenvalue weighted by Crippen LogP contribution is -2.30. The van der Waals surface area contributed by atoms with E-state index in [9.17, 15) is 9.18 Å². The lowest BCUT2D eigenvalue weighted by atomic mass is 9.94. The fraction of sp³-hybridized carbons (Fsp3) is 0.324. The Morgan fingerprint density at radius 2 is 1.76 bits per heavy atom. The Hall–Kier alpha value is -5.20. The number of fused-ring (bicyclic) bond motifs is 2. The van der Waals surface area contributed by atoms with Crippen LogP contribution in [0.3, 0.4) is 0 Å². The second-order valence-corrected chi connectivity index (χ2v) is 13.0. The van der Waals surface area contributed by atoms with Gasteiger partial charge in [0.05, 0.1) is 29.3 Å². The molecule has 0 radical (unpaired) electrons. The van der Waals surface area contributed by atoms with Crippen LogP contribution in [-0.2, 0) is 4.79 Å². The van der Waals surface area contributed by atoms with Crippen molar-refractivity contribution in [3.05, 3.63) is 73.2 Å². The minimum absolute atomic E-state index is 0.00345. The quantitative estimate of drug-likeness (QED) is 0.137. The van der Waals surface area contributed by atoms with E-state index in [1.54, 1.807) is 31.0 Å². The Bertz CT molecular complexity index is 2110. The van der Waals surface area contributed by atoms with Gasteiger partial charge in [-0.25, -0.2) is 9.37 Å². The predicted octanol–water partition coefficient (Wildman–Crippen LogP) is 6.17. The molecule has 8 rings (SSSR count). The summed E-state index contributed by atoms with van der Waals surface area (Å²) in [6.45, 7) is 5.43. The van der Waals surface area contributed by atoms with Crippen molar-refractivity contribution in [3.63, 3.8) is 0 Å². The van der Waals surface area contributed by atoms with Gasteiger partial charge in [-0.3, -0.25) is 24.8 Å². The number of anilines is 1. The van der Waals surface area contributed by atoms with Crippen LogP contribution in [0.4, 0.5) is 10.1 Å². The van der Waals surface area contributed by atoms with Crippen molar-refractivity contribution in [1.29, 1.82) is 0 Å². The normalized spacial score (nSPS) is 15.7. The van der Waals surface area contributed by atoms with E-state index in [1.807, 2.05) is 24.3 Å². The van der Waals surface area contributed by atoms with E-state index in [2.05, 4.69) is 45.7 Å². The molecule has 0 atom stereocenters. The molecular formula is C37H38FN9O2. The number of aromatic amines is 2. The number of pyridine rings is 3. The summed E-state index contributed by atoms with van der Waals surface area (Å²) in [6, 6.07) is 10.7. The Morgan fingerprint density at radius 1 is 0.918 bits per heavy atom. The number of ether oxygens (including phenoxy) is 1. The molecule has 0 bridgehead atoms. The number of aromatic nitrogens is 6. The first-order valence-corrected chi connectivity index (χ1v) is 17.0. The van der Waals surface area contributed by atoms with Crippen LogP contribution in [0.15, 0.2) is 67.4 Å². The maximum Gasteiger partial charge on any atom is 0.224 e. The van der Waals surface area contributed by atoms with Crippen LogP contribution in [0.25, 0.3) is 55.6 Å². The first kappa shape index (κ1) is 31.1. The van der Waals surface area contributed by atoms with Gasteiger partial charge < -0.3 is 20.4 Å². The van der Waals surface area contributed by atoms with Gasteiger partial charge in [-0.15, -0.1) is 0 Å². The lowest BCUT2D eigenvalue weighted by molar-refractivity contribution is -0.117. The maximum atomic E-state index is 14.8. The van der Waals surface area contributed by atoms with Gasteiger partial charge in [0.1, 0.15) is 23.9 Å². The highest BCUT2D eigenvalue weighted by atomic mass is 19.1. The molecule has 12 heteroatoms. The fourth-order valence-corrected chi connectivity index (χ4v) is 7.00. The van der Waals surface area contributed by atoms with Crippen LogP contribution in [0.5, 0.6) is 5.75 Å². The second kappa shape index (κ2) is 13.7. The van der Waals surface area contributed by atoms with Crippen LogP contribution < -0.4 is 15.4 Å². The zero-order valence-electron chi connectivity index (χ0n) is 27.1. The number of rotatable bonds is 10. The summed E-state index contributed by atoms with van der Waals surface area (Å²) in [7, 11) is 0. The van der Waals surface area contributed by atoms with Crippen molar-refractivity contribution in [2.75, 3.05) is 44.6 Å². The number of amides is 1. The van der Waals surface area contributed by atoms with Crippen molar-refractivity contribution >= 4 is 33.5 Å². The number of likely N-dealkylation sites (tertiary alicyclic amines) is 1. The first-order chi connectivity index (χ1) is 24.1. The minimum atomic E-state index is -0.363. The summed E-state index contributed by atoms with van der Waals surface area (Å²) < 4.78 is 20.8. The molecule has 0 spiro atoms. The molecule has 0 unspecified atom stereocenters. The van der Waals surface area contributed by atoms with E-state index < -0.39 is 0 Å². The molecule has 250 valence electrons. The van der Waals surface area contributed by atoms with Crippen molar-refractivity contribution in [2.24, 2.45) is 5.92 Å². The van der Waals surface area contributed by atoms with Gasteiger partial charge >= 0.3 is 0 Å². The molecule has 49 heavy (non-hydrogen) atoms. The van der Waals surface area contributed by atoms with Crippen molar-refractivity contribution in [3.8, 4) is 39.4 Å². The summed E-state index contributed by atoms with van der Waals surface area (Å²) in [4.78, 5) is 32.1. The second-order valence-electron chi connectivity index (χ2n) is 13.0. The van der Waals surface area contributed by atoms with Crippen LogP contribution >= 0.6 is 0 Å². The molecule has 6 aromatic rings. The third-order valence-corrected chi connectivity index (χ3v) is 9.56. The molecule has 4 N–H and O–H groups in total. The maximum absolute atomic E-state index is 14.8. The van der Waals surface area contributed by atoms with Gasteiger partial charge in [-0.2, -0.15) is 5.10 Å². The Balaban J connectivity index is 1.05. The number of piperidine rings is 1. The highest BCUT2D eigenvalue weighted by Crippen LogP contribution is 2.36. The molecule has 2 saturated heterocycles. The number of benzene rings is 1. The first-order valence-electron chi connectivity index (χ1n) is 17.0. The van der Waals surface area contributed by atoms with Crippen LogP contribution in [0.2, 0.25) is 0 Å². The molecule has 7 heterocycles. The van der Waals surface area contributed by atoms with E-state index in [0.29, 0.717) is 47.3 Å². The third kappa shape index (κ3) is 6.87. The van der Waals surface area contributed by atoms with E-state index in [4.69, 9.17) is 4.74 Å². The number of nitrogens with zero attached hydrogens (tertiary/aromatic N) is 5. The Morgan fingerprint density at radius 3 is 2.63 bits per heavy atom. The van der Waals surface area contributed by atoms with E-state index in [-0.39, 0.29) is 11.7 Å². The highest BCUT2D eigenvalue weighted by Gasteiger charge is 2.19. The molecule has 2 aliphatic heterocycles. The van der Waals surface area contributed by atoms with Crippen LogP contribution in [-0.4, -0.2) is 80.3 Å². The van der Waals surface area contributed by atoms with Crippen molar-refractivity contribution < 1.29 is 13.9 Å². The van der Waals surface area contributed by atoms with Gasteiger partial charge in [0.25, 0.3) is 0 Å². The summed E-state index contributed by atoms with van der Waals surface area (Å²) in [5.74, 6) is 0.538. The number of H-pyrrole nitrogens is 2. The van der Waals surface area contributed by atoms with Gasteiger partial charge in [-0.1, -0.05) is 0 Å². The molecule has 11 nitrogen and oxygen atoms in total. The zero-order chi connectivity index (χ0) is 33.2. The molecule has 0 aliphatic carbocycles. The minimum Gasteiger partial charge on any atom is -0.492 e. The molecule has 2 fully saturated rings. The molecule has 2 aliphatic rings. The van der Waals surface area contributed by atoms with Crippen molar-refractivity contribution in [2.45, 2.75) is 32.1 Å². The number of halogens is 1. The average molecular weight is 660 g/mol. The topological polar surface area (TPSA) is 137 Å². The monoisotopic (exact) mass is 659 g/mol. The average Bonchev–Trinajstić information content (AvgIpc) is 3.88. The number of carbonyl (C=O) groups excluding carboxylic acids is 1. The number of carbonyl (C=O) groups is 1.